The Morgan fingerprint density at radius 1 is 1.12 bits per heavy atom. The van der Waals surface area contributed by atoms with Crippen molar-refractivity contribution in [1.82, 2.24) is 10.2 Å². The number of nitrogens with one attached hydrogen (secondary N) is 1. The summed E-state index contributed by atoms with van der Waals surface area (Å²) in [5.74, 6) is 0. The number of rotatable bonds is 10. The van der Waals surface area contributed by atoms with Gasteiger partial charge in [-0.25, -0.2) is 0 Å². The lowest BCUT2D eigenvalue weighted by atomic mass is 10.2. The van der Waals surface area contributed by atoms with E-state index >= 15 is 0 Å². The van der Waals surface area contributed by atoms with Crippen LogP contribution >= 0.6 is 0 Å². The minimum atomic E-state index is 0.607. The van der Waals surface area contributed by atoms with E-state index in [2.05, 4.69) is 37.9 Å². The Morgan fingerprint density at radius 2 is 1.76 bits per heavy atom. The smallest absolute Gasteiger partial charge is 0.0593 e. The van der Waals surface area contributed by atoms with E-state index in [1.807, 2.05) is 0 Å². The van der Waals surface area contributed by atoms with Crippen LogP contribution in [0.3, 0.4) is 0 Å². The molecule has 0 aromatic rings. The van der Waals surface area contributed by atoms with E-state index in [0.717, 1.165) is 38.8 Å². The van der Waals surface area contributed by atoms with Crippen LogP contribution in [0.5, 0.6) is 0 Å². The number of hydrogen-bond donors (Lipinski definition) is 1. The summed E-state index contributed by atoms with van der Waals surface area (Å²) in [5, 5.41) is 3.50. The van der Waals surface area contributed by atoms with Crippen LogP contribution in [0.25, 0.3) is 0 Å². The van der Waals surface area contributed by atoms with Crippen LogP contribution in [0.4, 0.5) is 0 Å². The van der Waals surface area contributed by atoms with Crippen LogP contribution in [0.2, 0.25) is 0 Å². The number of ether oxygens (including phenoxy) is 1. The molecule has 0 amide bonds. The van der Waals surface area contributed by atoms with Gasteiger partial charge < -0.3 is 10.1 Å². The molecule has 0 saturated heterocycles. The van der Waals surface area contributed by atoms with Crippen molar-refractivity contribution in [3.63, 3.8) is 0 Å². The first-order valence-electron chi connectivity index (χ1n) is 7.18. The first-order valence-corrected chi connectivity index (χ1v) is 7.18. The third-order valence-electron chi connectivity index (χ3n) is 3.30. The van der Waals surface area contributed by atoms with Gasteiger partial charge in [-0.3, -0.25) is 4.90 Å². The van der Waals surface area contributed by atoms with Gasteiger partial charge in [-0.1, -0.05) is 0 Å². The number of hydrogen-bond acceptors (Lipinski definition) is 3. The highest BCUT2D eigenvalue weighted by Gasteiger charge is 2.19. The van der Waals surface area contributed by atoms with Gasteiger partial charge in [0.05, 0.1) is 6.61 Å². The molecule has 0 aliphatic heterocycles. The first kappa shape index (κ1) is 14.9. The van der Waals surface area contributed by atoms with Crippen LogP contribution in [-0.4, -0.2) is 49.3 Å². The second kappa shape index (κ2) is 8.06. The summed E-state index contributed by atoms with van der Waals surface area (Å²) >= 11 is 0. The topological polar surface area (TPSA) is 24.5 Å². The van der Waals surface area contributed by atoms with E-state index in [-0.39, 0.29) is 0 Å². The predicted octanol–water partition coefficient (Wildman–Crippen LogP) is 2.26. The number of nitrogens with zero attached hydrogens (tertiary/aromatic N) is 1. The average molecular weight is 242 g/mol. The quantitative estimate of drug-likeness (QED) is 0.595. The van der Waals surface area contributed by atoms with Crippen LogP contribution in [0, 0.1) is 0 Å². The molecule has 0 heterocycles. The second-order valence-corrected chi connectivity index (χ2v) is 5.62. The van der Waals surface area contributed by atoms with Crippen LogP contribution in [0.1, 0.15) is 47.0 Å². The Morgan fingerprint density at radius 3 is 2.29 bits per heavy atom. The van der Waals surface area contributed by atoms with Crippen LogP contribution in [0.15, 0.2) is 0 Å². The van der Waals surface area contributed by atoms with Gasteiger partial charge in [0.2, 0.25) is 0 Å². The van der Waals surface area contributed by atoms with Gasteiger partial charge >= 0.3 is 0 Å². The van der Waals surface area contributed by atoms with E-state index in [1.54, 1.807) is 0 Å². The molecule has 17 heavy (non-hydrogen) atoms. The standard InChI is InChI=1S/C14H30N2O/c1-12(2)16(13(3)4)9-11-17-10-5-8-15-14-6-7-14/h12-15H,5-11H2,1-4H3. The molecule has 1 rings (SSSR count). The molecule has 102 valence electrons. The molecule has 1 N–H and O–H groups in total. The highest BCUT2D eigenvalue weighted by atomic mass is 16.5. The maximum Gasteiger partial charge on any atom is 0.0593 e. The molecule has 1 fully saturated rings. The summed E-state index contributed by atoms with van der Waals surface area (Å²) in [6.45, 7) is 12.9. The fourth-order valence-corrected chi connectivity index (χ4v) is 2.15. The fourth-order valence-electron chi connectivity index (χ4n) is 2.15. The zero-order valence-electron chi connectivity index (χ0n) is 12.0. The Hall–Kier alpha value is -0.120. The third kappa shape index (κ3) is 7.02. The lowest BCUT2D eigenvalue weighted by molar-refractivity contribution is 0.0773. The molecular formula is C14H30N2O. The van der Waals surface area contributed by atoms with Gasteiger partial charge in [0, 0.05) is 31.3 Å². The zero-order valence-corrected chi connectivity index (χ0v) is 12.0. The molecule has 1 aliphatic carbocycles. The Kier molecular flexibility index (Phi) is 7.09. The van der Waals surface area contributed by atoms with Crippen molar-refractivity contribution in [2.24, 2.45) is 0 Å². The van der Waals surface area contributed by atoms with Crippen molar-refractivity contribution >= 4 is 0 Å². The molecule has 0 radical (unpaired) electrons. The van der Waals surface area contributed by atoms with E-state index < -0.39 is 0 Å². The Bertz CT molecular complexity index is 183. The van der Waals surface area contributed by atoms with E-state index in [1.165, 1.54) is 12.8 Å². The Labute approximate surface area is 107 Å². The lowest BCUT2D eigenvalue weighted by Gasteiger charge is -2.30. The summed E-state index contributed by atoms with van der Waals surface area (Å²) in [7, 11) is 0. The molecule has 3 heteroatoms. The SMILES string of the molecule is CC(C)N(CCOCCCNC1CC1)C(C)C. The minimum Gasteiger partial charge on any atom is -0.380 e. The normalized spacial score (nSPS) is 16.4. The van der Waals surface area contributed by atoms with Crippen LogP contribution in [-0.2, 0) is 4.74 Å². The maximum absolute atomic E-state index is 5.69. The molecule has 0 unspecified atom stereocenters. The van der Waals surface area contributed by atoms with Crippen LogP contribution < -0.4 is 5.32 Å². The van der Waals surface area contributed by atoms with Crippen molar-refractivity contribution in [1.29, 1.82) is 0 Å². The van der Waals surface area contributed by atoms with Crippen molar-refractivity contribution in [3.05, 3.63) is 0 Å². The molecule has 1 aliphatic rings. The van der Waals surface area contributed by atoms with Gasteiger partial charge in [0.15, 0.2) is 0 Å². The van der Waals surface area contributed by atoms with Crippen molar-refractivity contribution in [3.8, 4) is 0 Å². The monoisotopic (exact) mass is 242 g/mol. The van der Waals surface area contributed by atoms with Crippen molar-refractivity contribution in [2.45, 2.75) is 65.1 Å². The maximum atomic E-state index is 5.69. The summed E-state index contributed by atoms with van der Waals surface area (Å²) in [4.78, 5) is 2.47. The summed E-state index contributed by atoms with van der Waals surface area (Å²) in [6.07, 6.45) is 3.89. The van der Waals surface area contributed by atoms with Gasteiger partial charge in [-0.15, -0.1) is 0 Å². The average Bonchev–Trinajstić information content (AvgIpc) is 3.04. The van der Waals surface area contributed by atoms with E-state index in [4.69, 9.17) is 4.74 Å². The predicted molar refractivity (Wildman–Crippen MR) is 73.4 cm³/mol. The molecule has 0 aromatic carbocycles. The second-order valence-electron chi connectivity index (χ2n) is 5.62. The third-order valence-corrected chi connectivity index (χ3v) is 3.30. The fraction of sp³-hybridized carbons (Fsp3) is 1.00. The molecule has 3 nitrogen and oxygen atoms in total. The Balaban J connectivity index is 1.90. The van der Waals surface area contributed by atoms with Crippen molar-refractivity contribution in [2.75, 3.05) is 26.3 Å². The van der Waals surface area contributed by atoms with Gasteiger partial charge in [0.1, 0.15) is 0 Å². The summed E-state index contributed by atoms with van der Waals surface area (Å²) in [5.41, 5.74) is 0. The molecule has 1 saturated carbocycles. The largest absolute Gasteiger partial charge is 0.380 e. The highest BCUT2D eigenvalue weighted by molar-refractivity contribution is 4.80. The molecular weight excluding hydrogens is 212 g/mol. The van der Waals surface area contributed by atoms with Crippen molar-refractivity contribution < 1.29 is 4.74 Å². The zero-order chi connectivity index (χ0) is 12.7. The molecule has 0 spiro atoms. The van der Waals surface area contributed by atoms with Gasteiger partial charge in [0.25, 0.3) is 0 Å². The van der Waals surface area contributed by atoms with Gasteiger partial charge in [-0.2, -0.15) is 0 Å². The molecule has 0 aromatic heterocycles. The highest BCUT2D eigenvalue weighted by Crippen LogP contribution is 2.18. The summed E-state index contributed by atoms with van der Waals surface area (Å²) < 4.78 is 5.69. The van der Waals surface area contributed by atoms with E-state index in [9.17, 15) is 0 Å². The lowest BCUT2D eigenvalue weighted by Crippen LogP contribution is -2.39. The van der Waals surface area contributed by atoms with Gasteiger partial charge in [-0.05, 0) is 53.5 Å². The van der Waals surface area contributed by atoms with E-state index in [0.29, 0.717) is 12.1 Å². The summed E-state index contributed by atoms with van der Waals surface area (Å²) in [6, 6.07) is 2.04. The molecule has 0 bridgehead atoms. The molecule has 0 atom stereocenters. The minimum absolute atomic E-state index is 0.607. The first-order chi connectivity index (χ1) is 8.11.